The van der Waals surface area contributed by atoms with Crippen LogP contribution in [0, 0.1) is 6.92 Å². The Bertz CT molecular complexity index is 728. The van der Waals surface area contributed by atoms with E-state index in [1.165, 1.54) is 11.6 Å². The van der Waals surface area contributed by atoms with Gasteiger partial charge in [0.1, 0.15) is 6.54 Å². The van der Waals surface area contributed by atoms with Crippen LogP contribution in [-0.4, -0.2) is 28.8 Å². The van der Waals surface area contributed by atoms with E-state index in [9.17, 15) is 4.79 Å². The maximum atomic E-state index is 11.4. The molecule has 0 spiro atoms. The zero-order valence-corrected chi connectivity index (χ0v) is 13.3. The number of hydrogen-bond acceptors (Lipinski definition) is 4. The van der Waals surface area contributed by atoms with E-state index < -0.39 is 0 Å². The Kier molecular flexibility index (Phi) is 4.83. The van der Waals surface area contributed by atoms with Crippen LogP contribution < -0.4 is 15.9 Å². The minimum Gasteiger partial charge on any atom is -0.331 e. The number of aromatic amines is 1. The molecule has 1 saturated heterocycles. The fourth-order valence-electron chi connectivity index (χ4n) is 2.83. The molecule has 0 aliphatic carbocycles. The van der Waals surface area contributed by atoms with Crippen LogP contribution >= 0.6 is 0 Å². The third-order valence-electron chi connectivity index (χ3n) is 4.02. The Morgan fingerprint density at radius 1 is 1.26 bits per heavy atom. The molecule has 0 radical (unpaired) electrons. The Balaban J connectivity index is 1.53. The molecule has 3 N–H and O–H groups in total. The Morgan fingerprint density at radius 3 is 2.70 bits per heavy atom. The summed E-state index contributed by atoms with van der Waals surface area (Å²) in [6, 6.07) is 12.0. The van der Waals surface area contributed by atoms with E-state index >= 15 is 0 Å². The lowest BCUT2D eigenvalue weighted by atomic mass is 10.1. The fraction of sp³-hybridized carbons (Fsp3) is 0.353. The zero-order valence-electron chi connectivity index (χ0n) is 13.3. The second-order valence-corrected chi connectivity index (χ2v) is 5.94. The van der Waals surface area contributed by atoms with Gasteiger partial charge in [-0.05, 0) is 6.92 Å². The third-order valence-corrected chi connectivity index (χ3v) is 4.02. The predicted molar refractivity (Wildman–Crippen MR) is 90.7 cm³/mol. The number of nitrogens with zero attached hydrogens (tertiary/aromatic N) is 2. The highest BCUT2D eigenvalue weighted by atomic mass is 16.1. The summed E-state index contributed by atoms with van der Waals surface area (Å²) in [5, 5.41) is 4.40. The monoisotopic (exact) mass is 312 g/mol. The number of hydrogen-bond donors (Lipinski definition) is 3. The first-order valence-electron chi connectivity index (χ1n) is 7.96. The number of rotatable bonds is 4. The number of benzene rings is 1. The molecule has 2 aromatic rings. The summed E-state index contributed by atoms with van der Waals surface area (Å²) in [6.45, 7) is 5.01. The summed E-state index contributed by atoms with van der Waals surface area (Å²) < 4.78 is 0. The molecule has 6 nitrogen and oxygen atoms in total. The van der Waals surface area contributed by atoms with E-state index in [1.807, 2.05) is 0 Å². The first-order valence-corrected chi connectivity index (χ1v) is 7.96. The predicted octanol–water partition coefficient (Wildman–Crippen LogP) is 0.725. The molecule has 1 aliphatic rings. The summed E-state index contributed by atoms with van der Waals surface area (Å²) in [7, 11) is 0. The molecule has 1 aliphatic heterocycles. The number of aryl methyl sites for hydroxylation is 1. The summed E-state index contributed by atoms with van der Waals surface area (Å²) in [5.74, 6) is 0.404. The van der Waals surface area contributed by atoms with Gasteiger partial charge in [-0.15, -0.1) is 0 Å². The molecule has 0 atom stereocenters. The average Bonchev–Trinajstić information content (AvgIpc) is 2.54. The molecule has 2 heterocycles. The van der Waals surface area contributed by atoms with E-state index in [1.54, 1.807) is 11.8 Å². The van der Waals surface area contributed by atoms with E-state index in [2.05, 4.69) is 50.8 Å². The van der Waals surface area contributed by atoms with Crippen molar-refractivity contribution >= 4 is 11.7 Å². The molecule has 120 valence electrons. The number of aromatic nitrogens is 2. The van der Waals surface area contributed by atoms with Crippen LogP contribution in [-0.2, 0) is 6.54 Å². The van der Waals surface area contributed by atoms with Crippen molar-refractivity contribution in [1.82, 2.24) is 9.97 Å². The number of likely N-dealkylation sites (tertiary alicyclic amines) is 1. The van der Waals surface area contributed by atoms with Gasteiger partial charge in [0.05, 0.1) is 13.1 Å². The van der Waals surface area contributed by atoms with Gasteiger partial charge in [-0.2, -0.15) is 5.10 Å². The van der Waals surface area contributed by atoms with Gasteiger partial charge < -0.3 is 4.90 Å². The second kappa shape index (κ2) is 7.19. The van der Waals surface area contributed by atoms with Crippen LogP contribution in [0.5, 0.6) is 0 Å². The normalized spacial score (nSPS) is 17.8. The molecular weight excluding hydrogens is 290 g/mol. The van der Waals surface area contributed by atoms with Crippen LogP contribution in [0.15, 0.2) is 46.3 Å². The van der Waals surface area contributed by atoms with E-state index in [-0.39, 0.29) is 5.56 Å². The second-order valence-electron chi connectivity index (χ2n) is 5.94. The molecule has 0 amide bonds. The molecule has 3 rings (SSSR count). The molecule has 0 unspecified atom stereocenters. The fourth-order valence-corrected chi connectivity index (χ4v) is 2.83. The summed E-state index contributed by atoms with van der Waals surface area (Å²) in [6.07, 6.45) is 1.93. The van der Waals surface area contributed by atoms with Crippen molar-refractivity contribution in [1.29, 1.82) is 0 Å². The third kappa shape index (κ3) is 4.50. The average molecular weight is 312 g/mol. The van der Waals surface area contributed by atoms with Gasteiger partial charge in [0, 0.05) is 35.9 Å². The van der Waals surface area contributed by atoms with Gasteiger partial charge in [0.15, 0.2) is 0 Å². The first kappa shape index (κ1) is 15.4. The summed E-state index contributed by atoms with van der Waals surface area (Å²) in [5.41, 5.74) is 5.90. The van der Waals surface area contributed by atoms with Crippen LogP contribution in [0.1, 0.15) is 24.1 Å². The number of piperidine rings is 1. The molecule has 6 heteroatoms. The lowest BCUT2D eigenvalue weighted by Crippen LogP contribution is -3.11. The van der Waals surface area contributed by atoms with E-state index in [4.69, 9.17) is 0 Å². The molecule has 1 aromatic heterocycles. The highest BCUT2D eigenvalue weighted by Gasteiger charge is 2.18. The first-order chi connectivity index (χ1) is 11.2. The van der Waals surface area contributed by atoms with Crippen molar-refractivity contribution < 1.29 is 4.90 Å². The minimum atomic E-state index is -0.165. The lowest BCUT2D eigenvalue weighted by molar-refractivity contribution is -0.914. The molecule has 1 aromatic carbocycles. The molecule has 1 fully saturated rings. The van der Waals surface area contributed by atoms with Gasteiger partial charge in [-0.1, -0.05) is 30.3 Å². The number of quaternary nitrogens is 1. The van der Waals surface area contributed by atoms with Crippen LogP contribution in [0.4, 0.5) is 5.95 Å². The van der Waals surface area contributed by atoms with Crippen LogP contribution in [0.2, 0.25) is 0 Å². The highest BCUT2D eigenvalue weighted by molar-refractivity contribution is 5.85. The van der Waals surface area contributed by atoms with Crippen molar-refractivity contribution in [2.45, 2.75) is 26.3 Å². The topological polar surface area (TPSA) is 74.6 Å². The van der Waals surface area contributed by atoms with Crippen LogP contribution in [0.3, 0.4) is 0 Å². The van der Waals surface area contributed by atoms with Gasteiger partial charge >= 0.3 is 0 Å². The van der Waals surface area contributed by atoms with Crippen molar-refractivity contribution in [3.63, 3.8) is 0 Å². The maximum absolute atomic E-state index is 11.4. The zero-order chi connectivity index (χ0) is 16.1. The quantitative estimate of drug-likeness (QED) is 0.729. The smallest absolute Gasteiger partial charge is 0.252 e. The van der Waals surface area contributed by atoms with Crippen molar-refractivity contribution in [3.05, 3.63) is 58.0 Å². The molecule has 23 heavy (non-hydrogen) atoms. The standard InChI is InChI=1S/C17H21N5O/c1-13-11-16(23)19-17(18-13)21-20-15-7-9-22(10-8-15)12-14-5-3-2-4-6-14/h2-6,11H,7-10,12H2,1H3,(H2,18,19,21,23)/p+1. The van der Waals surface area contributed by atoms with Gasteiger partial charge in [0.25, 0.3) is 5.56 Å². The maximum Gasteiger partial charge on any atom is 0.252 e. The Hall–Kier alpha value is -2.47. The van der Waals surface area contributed by atoms with Crippen molar-refractivity contribution in [2.24, 2.45) is 5.10 Å². The number of hydrazone groups is 1. The van der Waals surface area contributed by atoms with Crippen molar-refractivity contribution in [2.75, 3.05) is 18.5 Å². The molecule has 0 bridgehead atoms. The van der Waals surface area contributed by atoms with Gasteiger partial charge in [0.2, 0.25) is 5.95 Å². The lowest BCUT2D eigenvalue weighted by Gasteiger charge is -2.24. The Morgan fingerprint density at radius 2 is 2.00 bits per heavy atom. The molecule has 0 saturated carbocycles. The molecular formula is C17H22N5O+. The summed E-state index contributed by atoms with van der Waals surface area (Å²) >= 11 is 0. The number of anilines is 1. The van der Waals surface area contributed by atoms with E-state index in [0.717, 1.165) is 38.2 Å². The van der Waals surface area contributed by atoms with Gasteiger partial charge in [-0.25, -0.2) is 10.4 Å². The summed E-state index contributed by atoms with van der Waals surface area (Å²) in [4.78, 5) is 19.8. The van der Waals surface area contributed by atoms with E-state index in [0.29, 0.717) is 11.6 Å². The van der Waals surface area contributed by atoms with Gasteiger partial charge in [-0.3, -0.25) is 9.78 Å². The van der Waals surface area contributed by atoms with Crippen LogP contribution in [0.25, 0.3) is 0 Å². The largest absolute Gasteiger partial charge is 0.331 e. The number of H-pyrrole nitrogens is 1. The minimum absolute atomic E-state index is 0.165. The van der Waals surface area contributed by atoms with Crippen molar-refractivity contribution in [3.8, 4) is 0 Å². The SMILES string of the molecule is Cc1cc(=O)[nH]c(NN=C2CC[NH+](Cc3ccccc3)CC2)n1. The number of nitrogens with one attached hydrogen (secondary N) is 3. The highest BCUT2D eigenvalue weighted by Crippen LogP contribution is 2.01. The Labute approximate surface area is 135 Å².